The minimum Gasteiger partial charge on any atom is -0.481 e. The highest BCUT2D eigenvalue weighted by atomic mass is 16.4. The van der Waals surface area contributed by atoms with Crippen LogP contribution in [0.15, 0.2) is 18.2 Å². The van der Waals surface area contributed by atoms with E-state index in [2.05, 4.69) is 5.32 Å². The monoisotopic (exact) mass is 263 g/mol. The van der Waals surface area contributed by atoms with E-state index in [9.17, 15) is 9.59 Å². The summed E-state index contributed by atoms with van der Waals surface area (Å²) in [6.45, 7) is 4.59. The fourth-order valence-corrected chi connectivity index (χ4v) is 1.76. The lowest BCUT2D eigenvalue weighted by molar-refractivity contribution is -0.137. The van der Waals surface area contributed by atoms with Crippen LogP contribution in [0.25, 0.3) is 0 Å². The number of rotatable bonds is 7. The Balaban J connectivity index is 2.27. The van der Waals surface area contributed by atoms with Crippen LogP contribution in [-0.2, 0) is 4.79 Å². The van der Waals surface area contributed by atoms with Crippen molar-refractivity contribution < 1.29 is 14.7 Å². The molecular weight excluding hydrogens is 242 g/mol. The number of aryl methyl sites for hydroxylation is 2. The highest BCUT2D eigenvalue weighted by Gasteiger charge is 2.05. The Labute approximate surface area is 113 Å². The molecule has 0 aromatic heterocycles. The topological polar surface area (TPSA) is 66.4 Å². The number of hydrogen-bond acceptors (Lipinski definition) is 2. The van der Waals surface area contributed by atoms with Gasteiger partial charge in [-0.05, 0) is 49.9 Å². The summed E-state index contributed by atoms with van der Waals surface area (Å²) < 4.78 is 0. The van der Waals surface area contributed by atoms with Gasteiger partial charge in [-0.1, -0.05) is 12.5 Å². The number of benzene rings is 1. The van der Waals surface area contributed by atoms with Gasteiger partial charge in [0.2, 0.25) is 0 Å². The smallest absolute Gasteiger partial charge is 0.303 e. The first kappa shape index (κ1) is 15.2. The summed E-state index contributed by atoms with van der Waals surface area (Å²) in [7, 11) is 0. The van der Waals surface area contributed by atoms with Crippen molar-refractivity contribution in [3.05, 3.63) is 34.9 Å². The molecule has 0 saturated carbocycles. The van der Waals surface area contributed by atoms with Crippen LogP contribution in [0.4, 0.5) is 0 Å². The average Bonchev–Trinajstić information content (AvgIpc) is 2.36. The maximum Gasteiger partial charge on any atom is 0.303 e. The predicted octanol–water partition coefficient (Wildman–Crippen LogP) is 2.68. The maximum atomic E-state index is 11.8. The third-order valence-corrected chi connectivity index (χ3v) is 3.12. The molecule has 0 saturated heterocycles. The van der Waals surface area contributed by atoms with Crippen molar-refractivity contribution in [1.29, 1.82) is 0 Å². The molecule has 0 heterocycles. The van der Waals surface area contributed by atoms with E-state index >= 15 is 0 Å². The summed E-state index contributed by atoms with van der Waals surface area (Å²) in [4.78, 5) is 22.2. The van der Waals surface area contributed by atoms with Gasteiger partial charge in [-0.3, -0.25) is 9.59 Å². The number of carboxylic acid groups (broad SMARTS) is 1. The molecule has 104 valence electrons. The quantitative estimate of drug-likeness (QED) is 0.743. The van der Waals surface area contributed by atoms with Crippen LogP contribution >= 0.6 is 0 Å². The van der Waals surface area contributed by atoms with Crippen LogP contribution < -0.4 is 5.32 Å². The van der Waals surface area contributed by atoms with Crippen molar-refractivity contribution in [2.45, 2.75) is 39.5 Å². The lowest BCUT2D eigenvalue weighted by atomic mass is 10.1. The fourth-order valence-electron chi connectivity index (χ4n) is 1.76. The Morgan fingerprint density at radius 1 is 1.11 bits per heavy atom. The molecule has 1 aromatic rings. The minimum absolute atomic E-state index is 0.0682. The molecule has 0 radical (unpaired) electrons. The van der Waals surface area contributed by atoms with Gasteiger partial charge in [0.15, 0.2) is 0 Å². The summed E-state index contributed by atoms with van der Waals surface area (Å²) >= 11 is 0. The Hall–Kier alpha value is -1.84. The van der Waals surface area contributed by atoms with E-state index in [1.807, 2.05) is 32.0 Å². The summed E-state index contributed by atoms with van der Waals surface area (Å²) in [6, 6.07) is 5.65. The molecule has 4 heteroatoms. The van der Waals surface area contributed by atoms with Gasteiger partial charge in [0.1, 0.15) is 0 Å². The molecule has 0 aliphatic carbocycles. The van der Waals surface area contributed by atoms with Crippen molar-refractivity contribution in [3.63, 3.8) is 0 Å². The molecule has 2 N–H and O–H groups in total. The SMILES string of the molecule is Cc1ccc(C(=O)NCCCCCC(=O)O)cc1C. The van der Waals surface area contributed by atoms with E-state index in [4.69, 9.17) is 5.11 Å². The second kappa shape index (κ2) is 7.56. The number of aliphatic carboxylic acids is 1. The number of hydrogen-bond donors (Lipinski definition) is 2. The molecule has 4 nitrogen and oxygen atoms in total. The number of unbranched alkanes of at least 4 members (excludes halogenated alkanes) is 2. The lowest BCUT2D eigenvalue weighted by Gasteiger charge is -2.07. The number of amides is 1. The summed E-state index contributed by atoms with van der Waals surface area (Å²) in [6.07, 6.45) is 2.49. The van der Waals surface area contributed by atoms with E-state index in [1.165, 1.54) is 5.56 Å². The Kier molecular flexibility index (Phi) is 6.06. The van der Waals surface area contributed by atoms with Gasteiger partial charge >= 0.3 is 5.97 Å². The van der Waals surface area contributed by atoms with Crippen LogP contribution in [0.1, 0.15) is 47.2 Å². The van der Waals surface area contributed by atoms with Crippen LogP contribution in [0, 0.1) is 13.8 Å². The number of carbonyl (C=O) groups is 2. The zero-order chi connectivity index (χ0) is 14.3. The van der Waals surface area contributed by atoms with Crippen LogP contribution in [0.3, 0.4) is 0 Å². The highest BCUT2D eigenvalue weighted by molar-refractivity contribution is 5.94. The van der Waals surface area contributed by atoms with Crippen molar-refractivity contribution >= 4 is 11.9 Å². The number of carboxylic acids is 1. The molecule has 0 atom stereocenters. The number of carbonyl (C=O) groups excluding carboxylic acids is 1. The van der Waals surface area contributed by atoms with E-state index in [0.29, 0.717) is 18.5 Å². The molecular formula is C15H21NO3. The van der Waals surface area contributed by atoms with Gasteiger partial charge in [0, 0.05) is 18.5 Å². The van der Waals surface area contributed by atoms with Gasteiger partial charge in [-0.25, -0.2) is 0 Å². The molecule has 0 fully saturated rings. The predicted molar refractivity (Wildman–Crippen MR) is 74.4 cm³/mol. The average molecular weight is 263 g/mol. The van der Waals surface area contributed by atoms with Gasteiger partial charge in [-0.2, -0.15) is 0 Å². The van der Waals surface area contributed by atoms with Gasteiger partial charge in [-0.15, -0.1) is 0 Å². The summed E-state index contributed by atoms with van der Waals surface area (Å²) in [5.41, 5.74) is 2.95. The van der Waals surface area contributed by atoms with E-state index in [0.717, 1.165) is 18.4 Å². The third kappa shape index (κ3) is 5.55. The second-order valence-electron chi connectivity index (χ2n) is 4.76. The Bertz CT molecular complexity index is 455. The molecule has 0 aliphatic heterocycles. The lowest BCUT2D eigenvalue weighted by Crippen LogP contribution is -2.24. The zero-order valence-electron chi connectivity index (χ0n) is 11.5. The van der Waals surface area contributed by atoms with Crippen LogP contribution in [0.2, 0.25) is 0 Å². The van der Waals surface area contributed by atoms with E-state index in [1.54, 1.807) is 0 Å². The van der Waals surface area contributed by atoms with Crippen molar-refractivity contribution in [2.24, 2.45) is 0 Å². The molecule has 19 heavy (non-hydrogen) atoms. The molecule has 0 unspecified atom stereocenters. The molecule has 1 amide bonds. The minimum atomic E-state index is -0.765. The zero-order valence-corrected chi connectivity index (χ0v) is 11.5. The van der Waals surface area contributed by atoms with Gasteiger partial charge in [0.25, 0.3) is 5.91 Å². The van der Waals surface area contributed by atoms with Crippen molar-refractivity contribution in [2.75, 3.05) is 6.54 Å². The Morgan fingerprint density at radius 3 is 2.47 bits per heavy atom. The standard InChI is InChI=1S/C15H21NO3/c1-11-7-8-13(10-12(11)2)15(19)16-9-5-3-4-6-14(17)18/h7-8,10H,3-6,9H2,1-2H3,(H,16,19)(H,17,18). The van der Waals surface area contributed by atoms with Crippen LogP contribution in [0.5, 0.6) is 0 Å². The molecule has 0 spiro atoms. The molecule has 0 bridgehead atoms. The van der Waals surface area contributed by atoms with Gasteiger partial charge in [0.05, 0.1) is 0 Å². The van der Waals surface area contributed by atoms with Crippen LogP contribution in [-0.4, -0.2) is 23.5 Å². The molecule has 0 aliphatic rings. The second-order valence-corrected chi connectivity index (χ2v) is 4.76. The first-order chi connectivity index (χ1) is 9.00. The Morgan fingerprint density at radius 2 is 1.84 bits per heavy atom. The fraction of sp³-hybridized carbons (Fsp3) is 0.467. The maximum absolute atomic E-state index is 11.8. The summed E-state index contributed by atoms with van der Waals surface area (Å²) in [5, 5.41) is 11.3. The van der Waals surface area contributed by atoms with E-state index in [-0.39, 0.29) is 12.3 Å². The largest absolute Gasteiger partial charge is 0.481 e. The third-order valence-electron chi connectivity index (χ3n) is 3.12. The normalized spacial score (nSPS) is 10.2. The van der Waals surface area contributed by atoms with Crippen molar-refractivity contribution in [1.82, 2.24) is 5.32 Å². The molecule has 1 aromatic carbocycles. The number of nitrogens with one attached hydrogen (secondary N) is 1. The van der Waals surface area contributed by atoms with Gasteiger partial charge < -0.3 is 10.4 Å². The van der Waals surface area contributed by atoms with E-state index < -0.39 is 5.97 Å². The van der Waals surface area contributed by atoms with Crippen molar-refractivity contribution in [3.8, 4) is 0 Å². The first-order valence-corrected chi connectivity index (χ1v) is 6.58. The first-order valence-electron chi connectivity index (χ1n) is 6.58. The summed E-state index contributed by atoms with van der Waals surface area (Å²) in [5.74, 6) is -0.833. The highest BCUT2D eigenvalue weighted by Crippen LogP contribution is 2.09. The molecule has 1 rings (SSSR count).